The van der Waals surface area contributed by atoms with Crippen LogP contribution in [0.15, 0.2) is 55.3 Å². The molecular formula is C14H17NO3. The van der Waals surface area contributed by atoms with Crippen LogP contribution in [0.25, 0.3) is 0 Å². The van der Waals surface area contributed by atoms with Gasteiger partial charge >= 0.3 is 11.9 Å². The predicted octanol–water partition coefficient (Wildman–Crippen LogP) is 2.89. The minimum absolute atomic E-state index is 0.562. The molecule has 0 radical (unpaired) electrons. The fraction of sp³-hybridized carbons (Fsp3) is 0.143. The number of rotatable bonds is 3. The van der Waals surface area contributed by atoms with Crippen molar-refractivity contribution in [3.05, 3.63) is 55.3 Å². The summed E-state index contributed by atoms with van der Waals surface area (Å²) in [5.41, 5.74) is 1.09. The molecule has 0 fully saturated rings. The molecule has 0 unspecified atom stereocenters. The second-order valence-electron chi connectivity index (χ2n) is 3.19. The Morgan fingerprint density at radius 1 is 1.17 bits per heavy atom. The van der Waals surface area contributed by atoms with Gasteiger partial charge < -0.3 is 10.1 Å². The zero-order valence-corrected chi connectivity index (χ0v) is 10.6. The summed E-state index contributed by atoms with van der Waals surface area (Å²) in [6.45, 7) is 5.93. The van der Waals surface area contributed by atoms with Gasteiger partial charge in [0.2, 0.25) is 0 Å². The number of benzene rings is 1. The van der Waals surface area contributed by atoms with E-state index in [-0.39, 0.29) is 0 Å². The van der Waals surface area contributed by atoms with Gasteiger partial charge in [0.1, 0.15) is 0 Å². The monoisotopic (exact) mass is 247 g/mol. The van der Waals surface area contributed by atoms with Gasteiger partial charge in [-0.25, -0.2) is 0 Å². The van der Waals surface area contributed by atoms with E-state index in [2.05, 4.69) is 16.6 Å². The van der Waals surface area contributed by atoms with E-state index in [9.17, 15) is 9.59 Å². The summed E-state index contributed by atoms with van der Waals surface area (Å²) in [5.74, 6) is -1.12. The zero-order valence-electron chi connectivity index (χ0n) is 10.6. The molecule has 1 aromatic rings. The smallest absolute Gasteiger partial charge is 0.310 e. The molecule has 0 saturated heterocycles. The minimum Gasteiger partial charge on any atom is -0.394 e. The van der Waals surface area contributed by atoms with Crippen molar-refractivity contribution in [1.82, 2.24) is 0 Å². The molecule has 1 N–H and O–H groups in total. The van der Waals surface area contributed by atoms with Gasteiger partial charge in [-0.3, -0.25) is 9.59 Å². The molecule has 0 aliphatic heterocycles. The summed E-state index contributed by atoms with van der Waals surface area (Å²) >= 11 is 0. The summed E-state index contributed by atoms with van der Waals surface area (Å²) in [6.07, 6.45) is 5.44. The predicted molar refractivity (Wildman–Crippen MR) is 71.8 cm³/mol. The third-order valence-electron chi connectivity index (χ3n) is 1.54. The standard InChI is InChI=1S/C10H11N.C4H6O3/c1-2-3-9-11-10-7-5-4-6-8-10;1-3(5)7-4(2)6/h2-9,11H,1H2;1-2H3/b9-3+;. The molecule has 1 aromatic carbocycles. The molecule has 0 spiro atoms. The highest BCUT2D eigenvalue weighted by Gasteiger charge is 1.93. The highest BCUT2D eigenvalue weighted by Crippen LogP contribution is 2.03. The average molecular weight is 247 g/mol. The molecule has 1 rings (SSSR count). The maximum atomic E-state index is 9.81. The number of para-hydroxylation sites is 1. The van der Waals surface area contributed by atoms with E-state index in [1.807, 2.05) is 42.6 Å². The lowest BCUT2D eigenvalue weighted by Crippen LogP contribution is -2.03. The van der Waals surface area contributed by atoms with E-state index in [0.717, 1.165) is 5.69 Å². The quantitative estimate of drug-likeness (QED) is 0.507. The van der Waals surface area contributed by atoms with Crippen LogP contribution in [-0.2, 0) is 14.3 Å². The van der Waals surface area contributed by atoms with Gasteiger partial charge in [-0.1, -0.05) is 30.9 Å². The maximum absolute atomic E-state index is 9.81. The van der Waals surface area contributed by atoms with Crippen LogP contribution in [0.3, 0.4) is 0 Å². The molecule has 0 aliphatic carbocycles. The number of carbonyl (C=O) groups excluding carboxylic acids is 2. The third-order valence-corrected chi connectivity index (χ3v) is 1.54. The van der Waals surface area contributed by atoms with Gasteiger partial charge in [0.25, 0.3) is 0 Å². The maximum Gasteiger partial charge on any atom is 0.310 e. The van der Waals surface area contributed by atoms with Crippen molar-refractivity contribution in [2.45, 2.75) is 13.8 Å². The third kappa shape index (κ3) is 10.2. The van der Waals surface area contributed by atoms with E-state index in [4.69, 9.17) is 0 Å². The first kappa shape index (κ1) is 15.6. The molecule has 0 bridgehead atoms. The second-order valence-corrected chi connectivity index (χ2v) is 3.19. The van der Waals surface area contributed by atoms with Crippen molar-refractivity contribution in [2.75, 3.05) is 5.32 Å². The van der Waals surface area contributed by atoms with Crippen LogP contribution >= 0.6 is 0 Å². The van der Waals surface area contributed by atoms with Crippen LogP contribution in [0.5, 0.6) is 0 Å². The van der Waals surface area contributed by atoms with Crippen molar-refractivity contribution < 1.29 is 14.3 Å². The summed E-state index contributed by atoms with van der Waals surface area (Å²) in [5, 5.41) is 3.09. The van der Waals surface area contributed by atoms with Crippen LogP contribution in [0.2, 0.25) is 0 Å². The minimum atomic E-state index is -0.562. The lowest BCUT2D eigenvalue weighted by Gasteiger charge is -1.96. The van der Waals surface area contributed by atoms with Gasteiger partial charge in [0.05, 0.1) is 0 Å². The van der Waals surface area contributed by atoms with Crippen molar-refractivity contribution in [3.63, 3.8) is 0 Å². The fourth-order valence-electron chi connectivity index (χ4n) is 0.949. The van der Waals surface area contributed by atoms with Crippen molar-refractivity contribution in [2.24, 2.45) is 0 Å². The summed E-state index contributed by atoms with van der Waals surface area (Å²) in [7, 11) is 0. The molecule has 0 heterocycles. The highest BCUT2D eigenvalue weighted by atomic mass is 16.6. The van der Waals surface area contributed by atoms with Crippen molar-refractivity contribution in [3.8, 4) is 0 Å². The Morgan fingerprint density at radius 3 is 2.11 bits per heavy atom. The van der Waals surface area contributed by atoms with E-state index < -0.39 is 11.9 Å². The molecule has 0 aromatic heterocycles. The fourth-order valence-corrected chi connectivity index (χ4v) is 0.949. The van der Waals surface area contributed by atoms with E-state index in [0.29, 0.717) is 0 Å². The summed E-state index contributed by atoms with van der Waals surface area (Å²) in [6, 6.07) is 9.98. The lowest BCUT2D eigenvalue weighted by molar-refractivity contribution is -0.156. The van der Waals surface area contributed by atoms with E-state index >= 15 is 0 Å². The molecular weight excluding hydrogens is 230 g/mol. The van der Waals surface area contributed by atoms with Gasteiger partial charge in [-0.2, -0.15) is 0 Å². The first-order valence-corrected chi connectivity index (χ1v) is 5.34. The van der Waals surface area contributed by atoms with Crippen LogP contribution in [-0.4, -0.2) is 11.9 Å². The van der Waals surface area contributed by atoms with Crippen LogP contribution < -0.4 is 5.32 Å². The summed E-state index contributed by atoms with van der Waals surface area (Å²) < 4.78 is 3.97. The van der Waals surface area contributed by atoms with Gasteiger partial charge in [0.15, 0.2) is 0 Å². The Labute approximate surface area is 107 Å². The summed E-state index contributed by atoms with van der Waals surface area (Å²) in [4.78, 5) is 19.6. The Kier molecular flexibility index (Phi) is 8.55. The van der Waals surface area contributed by atoms with Gasteiger partial charge in [0, 0.05) is 25.7 Å². The normalized spacial score (nSPS) is 9.00. The Bertz CT molecular complexity index is 398. The number of esters is 2. The van der Waals surface area contributed by atoms with E-state index in [1.165, 1.54) is 13.8 Å². The molecule has 4 nitrogen and oxygen atoms in total. The molecule has 0 amide bonds. The first-order valence-electron chi connectivity index (χ1n) is 5.34. The van der Waals surface area contributed by atoms with Crippen molar-refractivity contribution in [1.29, 1.82) is 0 Å². The average Bonchev–Trinajstić information content (AvgIpc) is 2.30. The number of anilines is 1. The number of ether oxygens (including phenoxy) is 1. The molecule has 0 atom stereocenters. The number of hydrogen-bond acceptors (Lipinski definition) is 4. The zero-order chi connectivity index (χ0) is 13.8. The van der Waals surface area contributed by atoms with Crippen LogP contribution in [0.4, 0.5) is 5.69 Å². The van der Waals surface area contributed by atoms with Gasteiger partial charge in [-0.15, -0.1) is 0 Å². The number of hydrogen-bond donors (Lipinski definition) is 1. The number of nitrogens with one attached hydrogen (secondary N) is 1. The SMILES string of the molecule is C=C/C=C/Nc1ccccc1.CC(=O)OC(C)=O. The highest BCUT2D eigenvalue weighted by molar-refractivity contribution is 5.82. The number of carbonyl (C=O) groups is 2. The lowest BCUT2D eigenvalue weighted by atomic mass is 10.3. The van der Waals surface area contributed by atoms with Crippen LogP contribution in [0, 0.1) is 0 Å². The Morgan fingerprint density at radius 2 is 1.72 bits per heavy atom. The number of allylic oxidation sites excluding steroid dienone is 2. The molecule has 0 aliphatic rings. The van der Waals surface area contributed by atoms with E-state index in [1.54, 1.807) is 6.08 Å². The Hall–Kier alpha value is -2.36. The first-order chi connectivity index (χ1) is 8.56. The molecule has 96 valence electrons. The Balaban J connectivity index is 0.000000360. The van der Waals surface area contributed by atoms with Gasteiger partial charge in [-0.05, 0) is 18.2 Å². The molecule has 18 heavy (non-hydrogen) atoms. The molecule has 0 saturated carbocycles. The largest absolute Gasteiger partial charge is 0.394 e. The second kappa shape index (κ2) is 9.84. The van der Waals surface area contributed by atoms with Crippen LogP contribution in [0.1, 0.15) is 13.8 Å². The van der Waals surface area contributed by atoms with Crippen molar-refractivity contribution >= 4 is 17.6 Å². The topological polar surface area (TPSA) is 55.4 Å². The molecule has 4 heteroatoms.